The van der Waals surface area contributed by atoms with Crippen LogP contribution >= 0.6 is 15.9 Å². The van der Waals surface area contributed by atoms with E-state index in [9.17, 15) is 10.1 Å². The molecule has 0 amide bonds. The number of nitrogens with zero attached hydrogens (tertiary/aromatic N) is 1. The molecule has 0 saturated heterocycles. The second kappa shape index (κ2) is 5.49. The fourth-order valence-electron chi connectivity index (χ4n) is 1.11. The Kier molecular flexibility index (Phi) is 4.28. The molecular formula is C10H9BrN2O2. The number of nitro groups is 1. The number of hydrogen-bond donors (Lipinski definition) is 1. The molecule has 1 N–H and O–H groups in total. The third-order valence-corrected chi connectivity index (χ3v) is 2.71. The summed E-state index contributed by atoms with van der Waals surface area (Å²) < 4.78 is 0.500. The van der Waals surface area contributed by atoms with Gasteiger partial charge in [0.15, 0.2) is 0 Å². The third kappa shape index (κ3) is 3.05. The van der Waals surface area contributed by atoms with Gasteiger partial charge in [-0.2, -0.15) is 0 Å². The molecule has 0 aliphatic rings. The van der Waals surface area contributed by atoms with Gasteiger partial charge in [0.05, 0.1) is 15.9 Å². The highest BCUT2D eigenvalue weighted by molar-refractivity contribution is 9.10. The SMILES string of the molecule is C#CCNCc1cccc([N+](=O)[O-])c1Br. The molecular weight excluding hydrogens is 260 g/mol. The van der Waals surface area contributed by atoms with E-state index in [2.05, 4.69) is 27.2 Å². The molecule has 0 aliphatic carbocycles. The molecule has 0 spiro atoms. The minimum Gasteiger partial charge on any atom is -0.302 e. The average Bonchev–Trinajstić information content (AvgIpc) is 2.20. The number of terminal acetylenes is 1. The van der Waals surface area contributed by atoms with E-state index in [1.807, 2.05) is 0 Å². The molecule has 0 atom stereocenters. The summed E-state index contributed by atoms with van der Waals surface area (Å²) in [5.41, 5.74) is 0.884. The average molecular weight is 269 g/mol. The summed E-state index contributed by atoms with van der Waals surface area (Å²) in [4.78, 5) is 10.2. The third-order valence-electron chi connectivity index (χ3n) is 1.80. The summed E-state index contributed by atoms with van der Waals surface area (Å²) in [6, 6.07) is 4.91. The summed E-state index contributed by atoms with van der Waals surface area (Å²) >= 11 is 3.20. The number of halogens is 1. The van der Waals surface area contributed by atoms with Gasteiger partial charge in [-0.1, -0.05) is 18.1 Å². The summed E-state index contributed by atoms with van der Waals surface area (Å²) in [5.74, 6) is 2.43. The van der Waals surface area contributed by atoms with Gasteiger partial charge in [-0.15, -0.1) is 6.42 Å². The first-order chi connectivity index (χ1) is 7.16. The molecule has 15 heavy (non-hydrogen) atoms. The van der Waals surface area contributed by atoms with Crippen molar-refractivity contribution in [3.63, 3.8) is 0 Å². The Bertz CT molecular complexity index is 412. The van der Waals surface area contributed by atoms with Crippen molar-refractivity contribution in [1.82, 2.24) is 5.32 Å². The van der Waals surface area contributed by atoms with Gasteiger partial charge in [-0.05, 0) is 21.5 Å². The molecule has 4 nitrogen and oxygen atoms in total. The van der Waals surface area contributed by atoms with Gasteiger partial charge < -0.3 is 5.32 Å². The lowest BCUT2D eigenvalue weighted by Crippen LogP contribution is -2.13. The smallest absolute Gasteiger partial charge is 0.283 e. The van der Waals surface area contributed by atoms with Crippen molar-refractivity contribution in [3.05, 3.63) is 38.3 Å². The van der Waals surface area contributed by atoms with E-state index in [1.165, 1.54) is 6.07 Å². The van der Waals surface area contributed by atoms with Gasteiger partial charge in [0.2, 0.25) is 0 Å². The van der Waals surface area contributed by atoms with E-state index in [-0.39, 0.29) is 5.69 Å². The van der Waals surface area contributed by atoms with Gasteiger partial charge in [0.1, 0.15) is 0 Å². The largest absolute Gasteiger partial charge is 0.302 e. The maximum Gasteiger partial charge on any atom is 0.283 e. The highest BCUT2D eigenvalue weighted by atomic mass is 79.9. The predicted octanol–water partition coefficient (Wildman–Crippen LogP) is 2.08. The molecule has 0 heterocycles. The van der Waals surface area contributed by atoms with Crippen molar-refractivity contribution in [2.75, 3.05) is 6.54 Å². The van der Waals surface area contributed by atoms with Crippen LogP contribution in [0.2, 0.25) is 0 Å². The van der Waals surface area contributed by atoms with Crippen LogP contribution in [0.5, 0.6) is 0 Å². The lowest BCUT2D eigenvalue weighted by atomic mass is 10.2. The minimum absolute atomic E-state index is 0.0648. The van der Waals surface area contributed by atoms with Crippen LogP contribution in [0, 0.1) is 22.5 Å². The molecule has 0 bridgehead atoms. The normalized spacial score (nSPS) is 9.60. The number of benzene rings is 1. The molecule has 0 unspecified atom stereocenters. The molecule has 1 rings (SSSR count). The second-order valence-corrected chi connectivity index (χ2v) is 3.61. The number of nitrogens with one attached hydrogen (secondary N) is 1. The van der Waals surface area contributed by atoms with Gasteiger partial charge in [-0.25, -0.2) is 0 Å². The van der Waals surface area contributed by atoms with E-state index >= 15 is 0 Å². The second-order valence-electron chi connectivity index (χ2n) is 2.82. The standard InChI is InChI=1S/C10H9BrN2O2/c1-2-6-12-7-8-4-3-5-9(10(8)11)13(14)15/h1,3-5,12H,6-7H2. The van der Waals surface area contributed by atoms with Crippen LogP contribution in [0.25, 0.3) is 0 Å². The zero-order valence-corrected chi connectivity index (χ0v) is 9.45. The molecule has 0 aromatic heterocycles. The van der Waals surface area contributed by atoms with Crippen molar-refractivity contribution in [1.29, 1.82) is 0 Å². The van der Waals surface area contributed by atoms with Gasteiger partial charge >= 0.3 is 0 Å². The molecule has 5 heteroatoms. The first kappa shape index (κ1) is 11.7. The van der Waals surface area contributed by atoms with Crippen LogP contribution < -0.4 is 5.32 Å². The zero-order chi connectivity index (χ0) is 11.3. The number of nitro benzene ring substituents is 1. The lowest BCUT2D eigenvalue weighted by molar-refractivity contribution is -0.385. The van der Waals surface area contributed by atoms with Crippen LogP contribution in [0.3, 0.4) is 0 Å². The maximum atomic E-state index is 10.6. The molecule has 0 saturated carbocycles. The summed E-state index contributed by atoms with van der Waals surface area (Å²) in [6.07, 6.45) is 5.08. The van der Waals surface area contributed by atoms with Crippen LogP contribution in [-0.4, -0.2) is 11.5 Å². The van der Waals surface area contributed by atoms with E-state index < -0.39 is 4.92 Å². The monoisotopic (exact) mass is 268 g/mol. The highest BCUT2D eigenvalue weighted by Crippen LogP contribution is 2.27. The van der Waals surface area contributed by atoms with Crippen molar-refractivity contribution < 1.29 is 4.92 Å². The Hall–Kier alpha value is -1.38. The van der Waals surface area contributed by atoms with Crippen LogP contribution in [-0.2, 0) is 6.54 Å². The first-order valence-corrected chi connectivity index (χ1v) is 5.02. The molecule has 1 aromatic rings. The maximum absolute atomic E-state index is 10.6. The molecule has 1 aromatic carbocycles. The van der Waals surface area contributed by atoms with Crippen molar-refractivity contribution >= 4 is 21.6 Å². The highest BCUT2D eigenvalue weighted by Gasteiger charge is 2.13. The van der Waals surface area contributed by atoms with Crippen molar-refractivity contribution in [3.8, 4) is 12.3 Å². The minimum atomic E-state index is -0.422. The van der Waals surface area contributed by atoms with E-state index in [4.69, 9.17) is 6.42 Å². The zero-order valence-electron chi connectivity index (χ0n) is 7.87. The fourth-order valence-corrected chi connectivity index (χ4v) is 1.66. The van der Waals surface area contributed by atoms with Gasteiger partial charge in [0.25, 0.3) is 5.69 Å². The Morgan fingerprint density at radius 1 is 1.60 bits per heavy atom. The van der Waals surface area contributed by atoms with Crippen molar-refractivity contribution in [2.45, 2.75) is 6.54 Å². The Morgan fingerprint density at radius 2 is 2.33 bits per heavy atom. The summed E-state index contributed by atoms with van der Waals surface area (Å²) in [7, 11) is 0. The van der Waals surface area contributed by atoms with E-state index in [0.29, 0.717) is 17.6 Å². The molecule has 78 valence electrons. The lowest BCUT2D eigenvalue weighted by Gasteiger charge is -2.04. The van der Waals surface area contributed by atoms with E-state index in [0.717, 1.165) is 5.56 Å². The van der Waals surface area contributed by atoms with Gasteiger partial charge in [0, 0.05) is 12.6 Å². The first-order valence-electron chi connectivity index (χ1n) is 4.22. The van der Waals surface area contributed by atoms with Crippen LogP contribution in [0.1, 0.15) is 5.56 Å². The van der Waals surface area contributed by atoms with Gasteiger partial charge in [-0.3, -0.25) is 10.1 Å². The fraction of sp³-hybridized carbons (Fsp3) is 0.200. The quantitative estimate of drug-likeness (QED) is 0.394. The van der Waals surface area contributed by atoms with Crippen LogP contribution in [0.4, 0.5) is 5.69 Å². The van der Waals surface area contributed by atoms with Crippen molar-refractivity contribution in [2.24, 2.45) is 0 Å². The Labute approximate surface area is 96.0 Å². The number of rotatable bonds is 4. The molecule has 0 aliphatic heterocycles. The topological polar surface area (TPSA) is 55.2 Å². The predicted molar refractivity (Wildman–Crippen MR) is 61.3 cm³/mol. The molecule has 0 fully saturated rings. The summed E-state index contributed by atoms with van der Waals surface area (Å²) in [5, 5.41) is 13.6. The Balaban J connectivity index is 2.86. The van der Waals surface area contributed by atoms with E-state index in [1.54, 1.807) is 12.1 Å². The number of hydrogen-bond acceptors (Lipinski definition) is 3. The van der Waals surface area contributed by atoms with Crippen LogP contribution in [0.15, 0.2) is 22.7 Å². The Morgan fingerprint density at radius 3 is 2.93 bits per heavy atom. The summed E-state index contributed by atoms with van der Waals surface area (Å²) in [6.45, 7) is 0.946. The molecule has 0 radical (unpaired) electrons.